The average molecular weight is 689 g/mol. The SMILES string of the molecule is C=CCN1CC[C@]23c4c5c(O)cc(OC)c4O[C@H]2[C@H](N(CC(c2ccccc2)c2ccccc2)C(=O)CCCCC2CCCCC2)CC[C@H]3[C@H]1C5. The van der Waals surface area contributed by atoms with Crippen LogP contribution in [0.25, 0.3) is 0 Å². The number of carbonyl (C=O) groups is 1. The predicted molar refractivity (Wildman–Crippen MR) is 203 cm³/mol. The third-order valence-corrected chi connectivity index (χ3v) is 13.6. The lowest BCUT2D eigenvalue weighted by atomic mass is 9.50. The zero-order valence-corrected chi connectivity index (χ0v) is 30.5. The van der Waals surface area contributed by atoms with Crippen molar-refractivity contribution < 1.29 is 19.4 Å². The van der Waals surface area contributed by atoms with E-state index >= 15 is 0 Å². The summed E-state index contributed by atoms with van der Waals surface area (Å²) in [7, 11) is 1.67. The fourth-order valence-electron chi connectivity index (χ4n) is 11.2. The van der Waals surface area contributed by atoms with Gasteiger partial charge < -0.3 is 19.5 Å². The van der Waals surface area contributed by atoms with Crippen molar-refractivity contribution in [1.82, 2.24) is 9.80 Å². The molecule has 6 heteroatoms. The molecule has 5 atom stereocenters. The quantitative estimate of drug-likeness (QED) is 0.144. The highest BCUT2D eigenvalue weighted by molar-refractivity contribution is 5.77. The first-order valence-electron chi connectivity index (χ1n) is 19.9. The number of unbranched alkanes of at least 4 members (excludes halogenated alkanes) is 1. The van der Waals surface area contributed by atoms with Crippen LogP contribution in [-0.2, 0) is 16.6 Å². The Morgan fingerprint density at radius 1 is 1.04 bits per heavy atom. The predicted octanol–water partition coefficient (Wildman–Crippen LogP) is 8.80. The van der Waals surface area contributed by atoms with E-state index in [0.29, 0.717) is 36.4 Å². The summed E-state index contributed by atoms with van der Waals surface area (Å²) in [4.78, 5) is 19.7. The van der Waals surface area contributed by atoms with E-state index in [4.69, 9.17) is 9.47 Å². The number of phenols is 1. The summed E-state index contributed by atoms with van der Waals surface area (Å²) < 4.78 is 13.1. The van der Waals surface area contributed by atoms with Gasteiger partial charge in [0.2, 0.25) is 5.91 Å². The summed E-state index contributed by atoms with van der Waals surface area (Å²) in [6.07, 6.45) is 16.1. The summed E-state index contributed by atoms with van der Waals surface area (Å²) in [6, 6.07) is 23.4. The summed E-state index contributed by atoms with van der Waals surface area (Å²) >= 11 is 0. The Morgan fingerprint density at radius 2 is 1.76 bits per heavy atom. The lowest BCUT2D eigenvalue weighted by Crippen LogP contribution is -2.69. The van der Waals surface area contributed by atoms with E-state index < -0.39 is 0 Å². The lowest BCUT2D eigenvalue weighted by Gasteiger charge is -2.60. The second-order valence-electron chi connectivity index (χ2n) is 16.1. The van der Waals surface area contributed by atoms with Crippen molar-refractivity contribution in [3.63, 3.8) is 0 Å². The zero-order valence-electron chi connectivity index (χ0n) is 30.5. The van der Waals surface area contributed by atoms with Gasteiger partial charge in [0.1, 0.15) is 11.9 Å². The van der Waals surface area contributed by atoms with E-state index in [2.05, 4.69) is 77.0 Å². The monoisotopic (exact) mass is 688 g/mol. The molecule has 1 N–H and O–H groups in total. The molecule has 0 aromatic heterocycles. The molecule has 2 saturated carbocycles. The number of benzene rings is 3. The first kappa shape index (κ1) is 34.3. The molecule has 270 valence electrons. The largest absolute Gasteiger partial charge is 0.508 e. The molecular formula is C45H56N2O4. The lowest BCUT2D eigenvalue weighted by molar-refractivity contribution is -0.143. The number of amides is 1. The van der Waals surface area contributed by atoms with Crippen molar-refractivity contribution in [2.24, 2.45) is 11.8 Å². The fourth-order valence-corrected chi connectivity index (χ4v) is 11.2. The van der Waals surface area contributed by atoms with Crippen molar-refractivity contribution in [3.8, 4) is 17.2 Å². The molecule has 3 fully saturated rings. The number of aromatic hydroxyl groups is 1. The minimum Gasteiger partial charge on any atom is -0.508 e. The van der Waals surface area contributed by atoms with Crippen LogP contribution in [0.2, 0.25) is 0 Å². The number of hydrogen-bond donors (Lipinski definition) is 1. The van der Waals surface area contributed by atoms with Crippen LogP contribution in [-0.4, -0.2) is 65.7 Å². The normalized spacial score (nSPS) is 26.7. The molecule has 5 aliphatic rings. The fraction of sp³-hybridized carbons (Fsp3) is 0.533. The molecule has 2 aliphatic heterocycles. The van der Waals surface area contributed by atoms with Crippen molar-refractivity contribution in [3.05, 3.63) is 102 Å². The molecular weight excluding hydrogens is 633 g/mol. The molecule has 0 radical (unpaired) electrons. The molecule has 3 aliphatic carbocycles. The number of ether oxygens (including phenoxy) is 2. The molecule has 0 unspecified atom stereocenters. The first-order valence-corrected chi connectivity index (χ1v) is 19.9. The standard InChI is InChI=1S/C45H56N2O4/c1-3-26-46-27-25-45-36-23-24-37(44(45)51-43-40(50-2)29-39(48)34(42(43)45)28-38(36)46)47(41(49)22-14-13-17-31-15-7-4-8-16-31)30-35(32-18-9-5-10-19-32)33-20-11-6-12-21-33/h3,5-6,9-12,18-21,29,31,35-38,44,48H,1,4,7-8,13-17,22-28,30H2,2H3/t36-,37+,38+,44-,45-/m0/s1. The Morgan fingerprint density at radius 3 is 2.45 bits per heavy atom. The Hall–Kier alpha value is -3.77. The van der Waals surface area contributed by atoms with E-state index in [9.17, 15) is 9.90 Å². The van der Waals surface area contributed by atoms with E-state index in [-0.39, 0.29) is 29.4 Å². The molecule has 3 aromatic carbocycles. The van der Waals surface area contributed by atoms with Crippen LogP contribution in [0, 0.1) is 11.8 Å². The Bertz CT molecular complexity index is 1650. The number of hydrogen-bond acceptors (Lipinski definition) is 5. The van der Waals surface area contributed by atoms with Gasteiger partial charge in [-0.2, -0.15) is 0 Å². The number of phenolic OH excluding ortho intramolecular Hbond substituents is 1. The maximum absolute atomic E-state index is 14.9. The molecule has 6 nitrogen and oxygen atoms in total. The van der Waals surface area contributed by atoms with Gasteiger partial charge in [-0.25, -0.2) is 0 Å². The molecule has 3 aromatic rings. The van der Waals surface area contributed by atoms with Crippen LogP contribution in [0.15, 0.2) is 79.4 Å². The Labute approximate surface area is 304 Å². The van der Waals surface area contributed by atoms with Gasteiger partial charge in [0.15, 0.2) is 11.5 Å². The van der Waals surface area contributed by atoms with Crippen LogP contribution in [0.5, 0.6) is 17.2 Å². The molecule has 1 spiro atoms. The van der Waals surface area contributed by atoms with Gasteiger partial charge >= 0.3 is 0 Å². The second kappa shape index (κ2) is 14.7. The topological polar surface area (TPSA) is 62.2 Å². The highest BCUT2D eigenvalue weighted by atomic mass is 16.5. The Kier molecular flexibility index (Phi) is 9.89. The van der Waals surface area contributed by atoms with Crippen molar-refractivity contribution in [2.75, 3.05) is 26.7 Å². The van der Waals surface area contributed by atoms with Gasteiger partial charge in [0.25, 0.3) is 0 Å². The van der Waals surface area contributed by atoms with Crippen molar-refractivity contribution in [1.29, 1.82) is 0 Å². The minimum atomic E-state index is -0.283. The summed E-state index contributed by atoms with van der Waals surface area (Å²) in [5.41, 5.74) is 4.35. The highest BCUT2D eigenvalue weighted by Crippen LogP contribution is 2.65. The van der Waals surface area contributed by atoms with Crippen LogP contribution < -0.4 is 9.47 Å². The highest BCUT2D eigenvalue weighted by Gasteiger charge is 2.67. The van der Waals surface area contributed by atoms with Crippen LogP contribution in [0.1, 0.15) is 105 Å². The molecule has 1 saturated heterocycles. The molecule has 2 bridgehead atoms. The number of nitrogens with zero attached hydrogens (tertiary/aromatic N) is 2. The van der Waals surface area contributed by atoms with Gasteiger partial charge in [0.05, 0.1) is 13.2 Å². The van der Waals surface area contributed by atoms with E-state index in [0.717, 1.165) is 74.4 Å². The minimum absolute atomic E-state index is 0.0419. The maximum Gasteiger partial charge on any atom is 0.222 e. The van der Waals surface area contributed by atoms with Crippen molar-refractivity contribution in [2.45, 2.75) is 113 Å². The maximum atomic E-state index is 14.9. The molecule has 2 heterocycles. The first-order chi connectivity index (χ1) is 25.0. The van der Waals surface area contributed by atoms with Crippen LogP contribution in [0.3, 0.4) is 0 Å². The molecule has 51 heavy (non-hydrogen) atoms. The summed E-state index contributed by atoms with van der Waals surface area (Å²) in [5.74, 6) is 3.20. The van der Waals surface area contributed by atoms with Gasteiger partial charge in [-0.15, -0.1) is 6.58 Å². The number of carbonyl (C=O) groups excluding carboxylic acids is 1. The third kappa shape index (κ3) is 6.15. The molecule has 1 amide bonds. The zero-order chi connectivity index (χ0) is 35.0. The number of methoxy groups -OCH3 is 1. The van der Waals surface area contributed by atoms with Gasteiger partial charge in [-0.05, 0) is 61.6 Å². The van der Waals surface area contributed by atoms with Crippen molar-refractivity contribution >= 4 is 5.91 Å². The average Bonchev–Trinajstić information content (AvgIpc) is 3.51. The van der Waals surface area contributed by atoms with Gasteiger partial charge in [0, 0.05) is 54.1 Å². The second-order valence-corrected chi connectivity index (χ2v) is 16.1. The molecule has 8 rings (SSSR count). The number of piperidine rings is 1. The summed E-state index contributed by atoms with van der Waals surface area (Å²) in [6.45, 7) is 6.48. The number of rotatable bonds is 13. The van der Waals surface area contributed by atoms with E-state index in [1.165, 1.54) is 49.7 Å². The summed E-state index contributed by atoms with van der Waals surface area (Å²) in [5, 5.41) is 11.5. The van der Waals surface area contributed by atoms with Gasteiger partial charge in [-0.1, -0.05) is 112 Å². The van der Waals surface area contributed by atoms with E-state index in [1.807, 2.05) is 6.08 Å². The smallest absolute Gasteiger partial charge is 0.222 e. The third-order valence-electron chi connectivity index (χ3n) is 13.6. The van der Waals surface area contributed by atoms with Crippen LogP contribution in [0.4, 0.5) is 0 Å². The van der Waals surface area contributed by atoms with Crippen LogP contribution >= 0.6 is 0 Å². The van der Waals surface area contributed by atoms with Gasteiger partial charge in [-0.3, -0.25) is 9.69 Å². The number of likely N-dealkylation sites (tertiary alicyclic amines) is 1. The van der Waals surface area contributed by atoms with E-state index in [1.54, 1.807) is 13.2 Å². The Balaban J connectivity index is 1.16.